The molecule has 8 heteroatoms. The second kappa shape index (κ2) is 5.53. The van der Waals surface area contributed by atoms with Crippen LogP contribution in [0.1, 0.15) is 19.3 Å². The molecule has 1 heterocycles. The fourth-order valence-corrected chi connectivity index (χ4v) is 2.50. The molecular formula is C9H17F3N2O2S. The summed E-state index contributed by atoms with van der Waals surface area (Å²) in [5.74, 6) is -1.33. The standard InChI is InChI=1S/C9H17F3N2O2S/c10-9(11,12)8-2-5-14(6-3-8)4-1-7-17(13,15)16/h8H,1-7H2,(H2,13,15,16). The zero-order valence-electron chi connectivity index (χ0n) is 9.41. The van der Waals surface area contributed by atoms with Gasteiger partial charge in [-0.05, 0) is 38.9 Å². The zero-order valence-corrected chi connectivity index (χ0v) is 10.2. The quantitative estimate of drug-likeness (QED) is 0.830. The Hall–Kier alpha value is -0.340. The van der Waals surface area contributed by atoms with Crippen LogP contribution in [-0.2, 0) is 10.0 Å². The van der Waals surface area contributed by atoms with Crippen molar-refractivity contribution in [1.29, 1.82) is 0 Å². The highest BCUT2D eigenvalue weighted by molar-refractivity contribution is 7.89. The van der Waals surface area contributed by atoms with Crippen molar-refractivity contribution in [2.75, 3.05) is 25.4 Å². The van der Waals surface area contributed by atoms with Crippen molar-refractivity contribution >= 4 is 10.0 Å². The van der Waals surface area contributed by atoms with Crippen molar-refractivity contribution in [2.45, 2.75) is 25.4 Å². The molecule has 0 unspecified atom stereocenters. The van der Waals surface area contributed by atoms with Crippen molar-refractivity contribution in [3.8, 4) is 0 Å². The number of hydrogen-bond donors (Lipinski definition) is 1. The predicted molar refractivity (Wildman–Crippen MR) is 57.8 cm³/mol. The third-order valence-corrected chi connectivity index (χ3v) is 3.81. The van der Waals surface area contributed by atoms with Crippen LogP contribution in [-0.4, -0.2) is 44.9 Å². The summed E-state index contributed by atoms with van der Waals surface area (Å²) in [6.45, 7) is 1.23. The minimum atomic E-state index is -4.10. The molecule has 17 heavy (non-hydrogen) atoms. The molecule has 0 aliphatic carbocycles. The number of rotatable bonds is 4. The first kappa shape index (κ1) is 14.7. The number of piperidine rings is 1. The Kier molecular flexibility index (Phi) is 4.79. The number of halogens is 3. The van der Waals surface area contributed by atoms with Crippen LogP contribution in [0.3, 0.4) is 0 Å². The molecule has 1 aliphatic rings. The average Bonchev–Trinajstić information content (AvgIpc) is 2.15. The van der Waals surface area contributed by atoms with E-state index < -0.39 is 22.1 Å². The van der Waals surface area contributed by atoms with Gasteiger partial charge >= 0.3 is 6.18 Å². The molecule has 0 saturated carbocycles. The van der Waals surface area contributed by atoms with E-state index >= 15 is 0 Å². The Balaban J connectivity index is 2.24. The lowest BCUT2D eigenvalue weighted by atomic mass is 9.96. The molecule has 0 atom stereocenters. The van der Waals surface area contributed by atoms with Crippen LogP contribution in [0, 0.1) is 5.92 Å². The normalized spacial score (nSPS) is 20.7. The molecule has 1 saturated heterocycles. The fourth-order valence-electron chi connectivity index (χ4n) is 1.97. The lowest BCUT2D eigenvalue weighted by Gasteiger charge is -2.32. The second-order valence-corrected chi connectivity index (χ2v) is 6.11. The second-order valence-electron chi connectivity index (χ2n) is 4.38. The molecular weight excluding hydrogens is 257 g/mol. The average molecular weight is 274 g/mol. The van der Waals surface area contributed by atoms with Gasteiger partial charge in [0.05, 0.1) is 11.7 Å². The van der Waals surface area contributed by atoms with Gasteiger partial charge in [-0.2, -0.15) is 13.2 Å². The summed E-state index contributed by atoms with van der Waals surface area (Å²) in [6.07, 6.45) is -3.54. The van der Waals surface area contributed by atoms with Gasteiger partial charge in [-0.3, -0.25) is 0 Å². The Morgan fingerprint density at radius 2 is 1.76 bits per heavy atom. The number of alkyl halides is 3. The number of nitrogens with two attached hydrogens (primary N) is 1. The Morgan fingerprint density at radius 3 is 2.18 bits per heavy atom. The minimum Gasteiger partial charge on any atom is -0.303 e. The Morgan fingerprint density at radius 1 is 1.24 bits per heavy atom. The zero-order chi connectivity index (χ0) is 13.1. The highest BCUT2D eigenvalue weighted by atomic mass is 32.2. The topological polar surface area (TPSA) is 63.4 Å². The van der Waals surface area contributed by atoms with E-state index in [9.17, 15) is 21.6 Å². The Bertz CT molecular complexity index is 335. The predicted octanol–water partition coefficient (Wildman–Crippen LogP) is 0.939. The molecule has 0 aromatic heterocycles. The molecule has 1 fully saturated rings. The molecule has 1 rings (SSSR count). The minimum absolute atomic E-state index is 0.0961. The number of likely N-dealkylation sites (tertiary alicyclic amines) is 1. The largest absolute Gasteiger partial charge is 0.391 e. The van der Waals surface area contributed by atoms with Gasteiger partial charge in [-0.1, -0.05) is 0 Å². The van der Waals surface area contributed by atoms with Gasteiger partial charge in [0.1, 0.15) is 0 Å². The van der Waals surface area contributed by atoms with Gasteiger partial charge < -0.3 is 4.90 Å². The maximum atomic E-state index is 12.4. The van der Waals surface area contributed by atoms with E-state index in [-0.39, 0.29) is 18.6 Å². The monoisotopic (exact) mass is 274 g/mol. The van der Waals surface area contributed by atoms with E-state index in [1.807, 2.05) is 4.90 Å². The summed E-state index contributed by atoms with van der Waals surface area (Å²) in [7, 11) is -3.47. The molecule has 4 nitrogen and oxygen atoms in total. The number of primary sulfonamides is 1. The van der Waals surface area contributed by atoms with Crippen molar-refractivity contribution in [3.63, 3.8) is 0 Å². The fraction of sp³-hybridized carbons (Fsp3) is 1.00. The summed E-state index contributed by atoms with van der Waals surface area (Å²) in [5.41, 5.74) is 0. The molecule has 0 radical (unpaired) electrons. The van der Waals surface area contributed by atoms with Crippen LogP contribution in [0.2, 0.25) is 0 Å². The van der Waals surface area contributed by atoms with Crippen molar-refractivity contribution < 1.29 is 21.6 Å². The maximum absolute atomic E-state index is 12.4. The van der Waals surface area contributed by atoms with E-state index in [2.05, 4.69) is 0 Å². The van der Waals surface area contributed by atoms with Crippen molar-refractivity contribution in [1.82, 2.24) is 4.90 Å². The van der Waals surface area contributed by atoms with Crippen LogP contribution in [0.4, 0.5) is 13.2 Å². The summed E-state index contributed by atoms with van der Waals surface area (Å²) in [4.78, 5) is 1.85. The summed E-state index contributed by atoms with van der Waals surface area (Å²) < 4.78 is 58.4. The lowest BCUT2D eigenvalue weighted by molar-refractivity contribution is -0.185. The van der Waals surface area contributed by atoms with E-state index in [1.165, 1.54) is 0 Å². The third-order valence-electron chi connectivity index (χ3n) is 2.95. The number of nitrogens with zero attached hydrogens (tertiary/aromatic N) is 1. The van der Waals surface area contributed by atoms with Crippen LogP contribution in [0.25, 0.3) is 0 Å². The number of sulfonamides is 1. The molecule has 0 aromatic carbocycles. The first-order valence-electron chi connectivity index (χ1n) is 5.48. The molecule has 2 N–H and O–H groups in total. The first-order chi connectivity index (χ1) is 7.68. The van der Waals surface area contributed by atoms with Crippen LogP contribution >= 0.6 is 0 Å². The molecule has 102 valence electrons. The van der Waals surface area contributed by atoms with E-state index in [4.69, 9.17) is 5.14 Å². The Labute approximate surface area is 99.0 Å². The van der Waals surface area contributed by atoms with Crippen molar-refractivity contribution in [2.24, 2.45) is 11.1 Å². The van der Waals surface area contributed by atoms with Gasteiger partial charge in [0, 0.05) is 0 Å². The number of hydrogen-bond acceptors (Lipinski definition) is 3. The third kappa shape index (κ3) is 5.69. The molecule has 0 amide bonds. The van der Waals surface area contributed by atoms with Crippen LogP contribution < -0.4 is 5.14 Å². The molecule has 0 spiro atoms. The smallest absolute Gasteiger partial charge is 0.303 e. The van der Waals surface area contributed by atoms with Crippen molar-refractivity contribution in [3.05, 3.63) is 0 Å². The van der Waals surface area contributed by atoms with Gasteiger partial charge in [-0.15, -0.1) is 0 Å². The highest BCUT2D eigenvalue weighted by Gasteiger charge is 2.40. The van der Waals surface area contributed by atoms with Gasteiger partial charge in [-0.25, -0.2) is 13.6 Å². The molecule has 0 bridgehead atoms. The van der Waals surface area contributed by atoms with E-state index in [0.29, 0.717) is 26.1 Å². The molecule has 1 aliphatic heterocycles. The van der Waals surface area contributed by atoms with Gasteiger partial charge in [0.25, 0.3) is 0 Å². The summed E-state index contributed by atoms with van der Waals surface area (Å²) in [6, 6.07) is 0. The van der Waals surface area contributed by atoms with Crippen LogP contribution in [0.5, 0.6) is 0 Å². The lowest BCUT2D eigenvalue weighted by Crippen LogP contribution is -2.39. The first-order valence-corrected chi connectivity index (χ1v) is 7.19. The summed E-state index contributed by atoms with van der Waals surface area (Å²) in [5, 5.41) is 4.84. The summed E-state index contributed by atoms with van der Waals surface area (Å²) >= 11 is 0. The highest BCUT2D eigenvalue weighted by Crippen LogP contribution is 2.33. The SMILES string of the molecule is NS(=O)(=O)CCCN1CCC(C(F)(F)F)CC1. The van der Waals surface area contributed by atoms with Gasteiger partial charge in [0.15, 0.2) is 0 Å². The molecule has 0 aromatic rings. The van der Waals surface area contributed by atoms with Gasteiger partial charge in [0.2, 0.25) is 10.0 Å². The van der Waals surface area contributed by atoms with Crippen LogP contribution in [0.15, 0.2) is 0 Å². The van der Waals surface area contributed by atoms with E-state index in [1.54, 1.807) is 0 Å². The van der Waals surface area contributed by atoms with E-state index in [0.717, 1.165) is 0 Å². The maximum Gasteiger partial charge on any atom is 0.391 e.